The molecule has 0 aliphatic heterocycles. The highest BCUT2D eigenvalue weighted by Gasteiger charge is 2.24. The van der Waals surface area contributed by atoms with E-state index in [1.807, 2.05) is 0 Å². The molecule has 0 spiro atoms. The van der Waals surface area contributed by atoms with Gasteiger partial charge in [-0.05, 0) is 38.0 Å². The largest absolute Gasteiger partial charge is 0.507 e. The zero-order valence-corrected chi connectivity index (χ0v) is 12.1. The van der Waals surface area contributed by atoms with Gasteiger partial charge in [-0.1, -0.05) is 11.6 Å². The monoisotopic (exact) mass is 295 g/mol. The van der Waals surface area contributed by atoms with Gasteiger partial charge < -0.3 is 9.84 Å². The fraction of sp³-hybridized carbons (Fsp3) is 0.308. The number of nitrogens with zero attached hydrogens (tertiary/aromatic N) is 2. The standard InChI is InChI=1S/C13H14ClN3O3/c1-4-20-13(19)11-10(15-17-16-11)9-7(3)8(14)5-6(2)12(9)18/h5,18H,4H2,1-3H3,(H,15,16,17). The molecule has 1 heterocycles. The number of hydrogen-bond acceptors (Lipinski definition) is 5. The maximum Gasteiger partial charge on any atom is 0.361 e. The maximum atomic E-state index is 11.8. The molecule has 1 aromatic heterocycles. The molecule has 20 heavy (non-hydrogen) atoms. The zero-order chi connectivity index (χ0) is 14.9. The molecule has 2 aromatic rings. The quantitative estimate of drug-likeness (QED) is 0.850. The van der Waals surface area contributed by atoms with Crippen LogP contribution in [0, 0.1) is 13.8 Å². The molecule has 0 saturated carbocycles. The van der Waals surface area contributed by atoms with E-state index in [-0.39, 0.29) is 23.7 Å². The first-order chi connectivity index (χ1) is 9.47. The van der Waals surface area contributed by atoms with Gasteiger partial charge in [-0.3, -0.25) is 0 Å². The van der Waals surface area contributed by atoms with Crippen LogP contribution in [0.1, 0.15) is 28.5 Å². The number of halogens is 1. The van der Waals surface area contributed by atoms with E-state index < -0.39 is 5.97 Å². The van der Waals surface area contributed by atoms with Crippen molar-refractivity contribution in [2.75, 3.05) is 6.61 Å². The molecule has 106 valence electrons. The van der Waals surface area contributed by atoms with Gasteiger partial charge in [0.05, 0.1) is 12.2 Å². The van der Waals surface area contributed by atoms with E-state index in [4.69, 9.17) is 16.3 Å². The van der Waals surface area contributed by atoms with Crippen LogP contribution in [0.2, 0.25) is 5.02 Å². The van der Waals surface area contributed by atoms with Crippen molar-refractivity contribution in [2.45, 2.75) is 20.8 Å². The summed E-state index contributed by atoms with van der Waals surface area (Å²) in [6, 6.07) is 1.65. The summed E-state index contributed by atoms with van der Waals surface area (Å²) in [7, 11) is 0. The molecule has 0 bridgehead atoms. The van der Waals surface area contributed by atoms with Gasteiger partial charge in [0, 0.05) is 5.02 Å². The summed E-state index contributed by atoms with van der Waals surface area (Å²) < 4.78 is 4.91. The number of aromatic hydroxyl groups is 1. The number of ether oxygens (including phenoxy) is 1. The van der Waals surface area contributed by atoms with Crippen LogP contribution in [0.25, 0.3) is 11.3 Å². The van der Waals surface area contributed by atoms with Crippen LogP contribution in [0.3, 0.4) is 0 Å². The van der Waals surface area contributed by atoms with E-state index in [1.54, 1.807) is 26.8 Å². The number of hydrogen-bond donors (Lipinski definition) is 2. The maximum absolute atomic E-state index is 11.8. The van der Waals surface area contributed by atoms with E-state index in [1.165, 1.54) is 0 Å². The lowest BCUT2D eigenvalue weighted by Crippen LogP contribution is -2.07. The molecule has 7 heteroatoms. The van der Waals surface area contributed by atoms with Gasteiger partial charge >= 0.3 is 5.97 Å². The molecule has 0 atom stereocenters. The number of benzene rings is 1. The van der Waals surface area contributed by atoms with Crippen LogP contribution < -0.4 is 0 Å². The Hall–Kier alpha value is -2.08. The van der Waals surface area contributed by atoms with E-state index >= 15 is 0 Å². The lowest BCUT2D eigenvalue weighted by Gasteiger charge is -2.11. The Kier molecular flexibility index (Phi) is 3.94. The molecule has 0 radical (unpaired) electrons. The molecule has 0 unspecified atom stereocenters. The summed E-state index contributed by atoms with van der Waals surface area (Å²) in [4.78, 5) is 11.8. The van der Waals surface area contributed by atoms with Crippen molar-refractivity contribution in [3.8, 4) is 17.0 Å². The molecule has 0 amide bonds. The second-order valence-corrected chi connectivity index (χ2v) is 4.67. The first kappa shape index (κ1) is 14.3. The average molecular weight is 296 g/mol. The van der Waals surface area contributed by atoms with E-state index in [9.17, 15) is 9.90 Å². The molecule has 2 rings (SSSR count). The fourth-order valence-corrected chi connectivity index (χ4v) is 2.16. The highest BCUT2D eigenvalue weighted by Crippen LogP contribution is 2.38. The number of carbonyl (C=O) groups excluding carboxylic acids is 1. The molecular weight excluding hydrogens is 282 g/mol. The van der Waals surface area contributed by atoms with Crippen LogP contribution in [-0.4, -0.2) is 33.1 Å². The lowest BCUT2D eigenvalue weighted by atomic mass is 9.99. The zero-order valence-electron chi connectivity index (χ0n) is 11.3. The first-order valence-corrected chi connectivity index (χ1v) is 6.42. The van der Waals surface area contributed by atoms with Gasteiger partial charge in [0.15, 0.2) is 5.69 Å². The lowest BCUT2D eigenvalue weighted by molar-refractivity contribution is 0.0520. The van der Waals surface area contributed by atoms with Crippen molar-refractivity contribution in [2.24, 2.45) is 0 Å². The van der Waals surface area contributed by atoms with E-state index in [0.717, 1.165) is 0 Å². The Bertz CT molecular complexity index is 641. The number of phenols is 1. The van der Waals surface area contributed by atoms with Crippen molar-refractivity contribution < 1.29 is 14.6 Å². The molecule has 0 aliphatic rings. The Morgan fingerprint density at radius 3 is 2.80 bits per heavy atom. The van der Waals surface area contributed by atoms with Crippen molar-refractivity contribution in [3.63, 3.8) is 0 Å². The number of nitrogens with one attached hydrogen (secondary N) is 1. The number of aryl methyl sites for hydroxylation is 1. The number of carbonyl (C=O) groups is 1. The summed E-state index contributed by atoms with van der Waals surface area (Å²) >= 11 is 6.12. The third-order valence-corrected chi connectivity index (χ3v) is 3.33. The molecule has 1 aromatic carbocycles. The Morgan fingerprint density at radius 1 is 1.45 bits per heavy atom. The minimum absolute atomic E-state index is 0.0198. The van der Waals surface area contributed by atoms with Crippen LogP contribution in [0.15, 0.2) is 6.07 Å². The summed E-state index contributed by atoms with van der Waals surface area (Å²) in [6.45, 7) is 5.38. The highest BCUT2D eigenvalue weighted by molar-refractivity contribution is 6.32. The van der Waals surface area contributed by atoms with Gasteiger partial charge in [-0.25, -0.2) is 4.79 Å². The minimum atomic E-state index is -0.604. The summed E-state index contributed by atoms with van der Waals surface area (Å²) in [5.41, 5.74) is 1.84. The van der Waals surface area contributed by atoms with Crippen LogP contribution in [0.5, 0.6) is 5.75 Å². The van der Waals surface area contributed by atoms with Crippen molar-refractivity contribution in [3.05, 3.63) is 27.9 Å². The van der Waals surface area contributed by atoms with Gasteiger partial charge in [-0.2, -0.15) is 10.3 Å². The molecule has 6 nitrogen and oxygen atoms in total. The van der Waals surface area contributed by atoms with Crippen molar-refractivity contribution >= 4 is 17.6 Å². The SMILES string of the molecule is CCOC(=O)c1n[nH]nc1-c1c(C)c(Cl)cc(C)c1O. The highest BCUT2D eigenvalue weighted by atomic mass is 35.5. The number of aromatic amines is 1. The summed E-state index contributed by atoms with van der Waals surface area (Å²) in [6.07, 6.45) is 0. The molecule has 0 saturated heterocycles. The van der Waals surface area contributed by atoms with Gasteiger partial charge in [0.2, 0.25) is 0 Å². The average Bonchev–Trinajstić information content (AvgIpc) is 2.86. The second kappa shape index (κ2) is 5.50. The third kappa shape index (κ3) is 2.34. The predicted octanol–water partition coefficient (Wildman–Crippen LogP) is 2.62. The second-order valence-electron chi connectivity index (χ2n) is 4.27. The molecule has 0 aliphatic carbocycles. The Labute approximate surface area is 120 Å². The summed E-state index contributed by atoms with van der Waals surface area (Å²) in [5.74, 6) is -0.584. The Balaban J connectivity index is 2.64. The first-order valence-electron chi connectivity index (χ1n) is 6.04. The Morgan fingerprint density at radius 2 is 2.15 bits per heavy atom. The van der Waals surface area contributed by atoms with Crippen LogP contribution in [0.4, 0.5) is 0 Å². The number of esters is 1. The van der Waals surface area contributed by atoms with Gasteiger partial charge in [0.1, 0.15) is 11.4 Å². The fourth-order valence-electron chi connectivity index (χ4n) is 1.90. The number of aromatic nitrogens is 3. The molecule has 2 N–H and O–H groups in total. The molecule has 0 fully saturated rings. The smallest absolute Gasteiger partial charge is 0.361 e. The topological polar surface area (TPSA) is 88.1 Å². The van der Waals surface area contributed by atoms with E-state index in [2.05, 4.69) is 15.4 Å². The summed E-state index contributed by atoms with van der Waals surface area (Å²) in [5, 5.41) is 20.8. The number of H-pyrrole nitrogens is 1. The van der Waals surface area contributed by atoms with Crippen molar-refractivity contribution in [1.29, 1.82) is 0 Å². The van der Waals surface area contributed by atoms with Gasteiger partial charge in [0.25, 0.3) is 0 Å². The normalized spacial score (nSPS) is 10.6. The number of rotatable bonds is 3. The predicted molar refractivity (Wildman–Crippen MR) is 73.9 cm³/mol. The third-order valence-electron chi connectivity index (χ3n) is 2.94. The molecular formula is C13H14ClN3O3. The van der Waals surface area contributed by atoms with Crippen LogP contribution in [-0.2, 0) is 4.74 Å². The number of phenolic OH excluding ortho intramolecular Hbond substituents is 1. The van der Waals surface area contributed by atoms with Crippen LogP contribution >= 0.6 is 11.6 Å². The van der Waals surface area contributed by atoms with Crippen molar-refractivity contribution in [1.82, 2.24) is 15.4 Å². The van der Waals surface area contributed by atoms with Gasteiger partial charge in [-0.15, -0.1) is 5.10 Å². The minimum Gasteiger partial charge on any atom is -0.507 e. The van der Waals surface area contributed by atoms with E-state index in [0.29, 0.717) is 21.7 Å².